The monoisotopic (exact) mass is 387 g/mol. The highest BCUT2D eigenvalue weighted by atomic mass is 16.2. The number of piperidine rings is 1. The summed E-state index contributed by atoms with van der Waals surface area (Å²) in [5.41, 5.74) is 1.36. The Morgan fingerprint density at radius 3 is 2.61 bits per heavy atom. The van der Waals surface area contributed by atoms with E-state index in [-0.39, 0.29) is 12.5 Å². The quantitative estimate of drug-likeness (QED) is 0.557. The van der Waals surface area contributed by atoms with Gasteiger partial charge in [-0.3, -0.25) is 9.69 Å². The number of amides is 1. The van der Waals surface area contributed by atoms with Crippen LogP contribution in [0.3, 0.4) is 0 Å². The number of nitrogens with one attached hydrogen (secondary N) is 2. The highest BCUT2D eigenvalue weighted by molar-refractivity contribution is 5.84. The second-order valence-electron chi connectivity index (χ2n) is 8.40. The Bertz CT molecular complexity index is 629. The molecule has 0 bridgehead atoms. The summed E-state index contributed by atoms with van der Waals surface area (Å²) in [4.78, 5) is 20.5. The topological polar surface area (TPSA) is 60.0 Å². The SMILES string of the molecule is CC(C)CNC(=NCC(=O)N(C)C)NC1CCN(Cc2ccccc2)C(C)C1. The number of carbonyl (C=O) groups excluding carboxylic acids is 1. The van der Waals surface area contributed by atoms with Gasteiger partial charge in [0.1, 0.15) is 6.54 Å². The lowest BCUT2D eigenvalue weighted by Crippen LogP contribution is -2.51. The molecule has 0 saturated carbocycles. The van der Waals surface area contributed by atoms with E-state index >= 15 is 0 Å². The third-order valence-electron chi connectivity index (χ3n) is 5.13. The zero-order chi connectivity index (χ0) is 20.5. The van der Waals surface area contributed by atoms with E-state index in [1.54, 1.807) is 19.0 Å². The van der Waals surface area contributed by atoms with Crippen molar-refractivity contribution in [3.63, 3.8) is 0 Å². The number of likely N-dealkylation sites (tertiary alicyclic amines) is 1. The molecular formula is C22H37N5O. The van der Waals surface area contributed by atoms with E-state index in [1.807, 2.05) is 0 Å². The molecule has 1 fully saturated rings. The molecule has 6 nitrogen and oxygen atoms in total. The van der Waals surface area contributed by atoms with Crippen molar-refractivity contribution in [1.82, 2.24) is 20.4 Å². The second kappa shape index (κ2) is 11.1. The largest absolute Gasteiger partial charge is 0.356 e. The maximum atomic E-state index is 11.9. The zero-order valence-electron chi connectivity index (χ0n) is 18.1. The molecule has 1 aliphatic rings. The van der Waals surface area contributed by atoms with E-state index in [9.17, 15) is 4.79 Å². The van der Waals surface area contributed by atoms with Crippen LogP contribution in [0.1, 0.15) is 39.2 Å². The van der Waals surface area contributed by atoms with Gasteiger partial charge in [0.2, 0.25) is 5.91 Å². The Kier molecular flexibility index (Phi) is 8.77. The minimum absolute atomic E-state index is 0.0108. The predicted molar refractivity (Wildman–Crippen MR) is 116 cm³/mol. The number of carbonyl (C=O) groups is 1. The van der Waals surface area contributed by atoms with E-state index in [4.69, 9.17) is 0 Å². The molecular weight excluding hydrogens is 350 g/mol. The molecule has 1 saturated heterocycles. The number of nitrogens with zero attached hydrogens (tertiary/aromatic N) is 3. The van der Waals surface area contributed by atoms with Gasteiger partial charge in [-0.25, -0.2) is 4.99 Å². The molecule has 6 heteroatoms. The highest BCUT2D eigenvalue weighted by Gasteiger charge is 2.26. The Morgan fingerprint density at radius 2 is 2.00 bits per heavy atom. The second-order valence-corrected chi connectivity index (χ2v) is 8.40. The summed E-state index contributed by atoms with van der Waals surface area (Å²) in [7, 11) is 3.52. The van der Waals surface area contributed by atoms with Crippen LogP contribution in [-0.2, 0) is 11.3 Å². The van der Waals surface area contributed by atoms with Crippen LogP contribution in [0.2, 0.25) is 0 Å². The summed E-state index contributed by atoms with van der Waals surface area (Å²) in [5, 5.41) is 6.94. The average molecular weight is 388 g/mol. The molecule has 156 valence electrons. The van der Waals surface area contributed by atoms with Gasteiger partial charge in [-0.05, 0) is 31.2 Å². The first kappa shape index (κ1) is 22.2. The van der Waals surface area contributed by atoms with E-state index in [1.165, 1.54) is 5.56 Å². The molecule has 1 aromatic carbocycles. The Hall–Kier alpha value is -2.08. The lowest BCUT2D eigenvalue weighted by Gasteiger charge is -2.38. The fourth-order valence-electron chi connectivity index (χ4n) is 3.34. The minimum Gasteiger partial charge on any atom is -0.356 e. The number of hydrogen-bond acceptors (Lipinski definition) is 3. The maximum absolute atomic E-state index is 11.9. The van der Waals surface area contributed by atoms with Crippen LogP contribution in [0, 0.1) is 5.92 Å². The molecule has 0 aliphatic carbocycles. The van der Waals surface area contributed by atoms with Gasteiger partial charge in [0.15, 0.2) is 5.96 Å². The van der Waals surface area contributed by atoms with Gasteiger partial charge in [-0.2, -0.15) is 0 Å². The van der Waals surface area contributed by atoms with Gasteiger partial charge in [-0.15, -0.1) is 0 Å². The van der Waals surface area contributed by atoms with Crippen LogP contribution in [-0.4, -0.2) is 67.5 Å². The first-order valence-corrected chi connectivity index (χ1v) is 10.4. The molecule has 1 amide bonds. The van der Waals surface area contributed by atoms with Crippen molar-refractivity contribution in [2.24, 2.45) is 10.9 Å². The Morgan fingerprint density at radius 1 is 1.29 bits per heavy atom. The molecule has 2 atom stereocenters. The molecule has 1 heterocycles. The van der Waals surface area contributed by atoms with Crippen molar-refractivity contribution in [2.45, 2.75) is 52.2 Å². The van der Waals surface area contributed by atoms with Crippen LogP contribution in [0.5, 0.6) is 0 Å². The summed E-state index contributed by atoms with van der Waals surface area (Å²) in [6.07, 6.45) is 2.14. The van der Waals surface area contributed by atoms with E-state index in [0.29, 0.717) is 18.0 Å². The fraction of sp³-hybridized carbons (Fsp3) is 0.636. The van der Waals surface area contributed by atoms with Crippen molar-refractivity contribution in [2.75, 3.05) is 33.7 Å². The zero-order valence-corrected chi connectivity index (χ0v) is 18.1. The van der Waals surface area contributed by atoms with Crippen LogP contribution < -0.4 is 10.6 Å². The van der Waals surface area contributed by atoms with Gasteiger partial charge in [-0.1, -0.05) is 44.2 Å². The van der Waals surface area contributed by atoms with Crippen LogP contribution in [0.25, 0.3) is 0 Å². The smallest absolute Gasteiger partial charge is 0.243 e. The van der Waals surface area contributed by atoms with Gasteiger partial charge in [0, 0.05) is 45.8 Å². The minimum atomic E-state index is 0.0108. The molecule has 0 aromatic heterocycles. The van der Waals surface area contributed by atoms with Gasteiger partial charge in [0.25, 0.3) is 0 Å². The summed E-state index contributed by atoms with van der Waals surface area (Å²) in [6, 6.07) is 11.5. The van der Waals surface area contributed by atoms with E-state index < -0.39 is 0 Å². The number of aliphatic imine (C=N–C) groups is 1. The molecule has 28 heavy (non-hydrogen) atoms. The summed E-state index contributed by atoms with van der Waals surface area (Å²) < 4.78 is 0. The molecule has 1 aromatic rings. The Balaban J connectivity index is 1.91. The standard InChI is InChI=1S/C22H37N5O/c1-17(2)14-23-22(24-15-21(28)26(4)5)25-20-11-12-27(18(3)13-20)16-19-9-7-6-8-10-19/h6-10,17-18,20H,11-16H2,1-5H3,(H2,23,24,25). The Labute approximate surface area is 170 Å². The van der Waals surface area contributed by atoms with Crippen molar-refractivity contribution >= 4 is 11.9 Å². The summed E-state index contributed by atoms with van der Waals surface area (Å²) in [5.74, 6) is 1.28. The lowest BCUT2D eigenvalue weighted by molar-refractivity contribution is -0.127. The van der Waals surface area contributed by atoms with E-state index in [2.05, 4.69) is 71.6 Å². The predicted octanol–water partition coefficient (Wildman–Crippen LogP) is 2.32. The van der Waals surface area contributed by atoms with Crippen molar-refractivity contribution in [1.29, 1.82) is 0 Å². The van der Waals surface area contributed by atoms with Crippen molar-refractivity contribution in [3.05, 3.63) is 35.9 Å². The van der Waals surface area contributed by atoms with Gasteiger partial charge in [0.05, 0.1) is 0 Å². The molecule has 2 unspecified atom stereocenters. The molecule has 2 rings (SSSR count). The summed E-state index contributed by atoms with van der Waals surface area (Å²) in [6.45, 7) is 9.69. The normalized spacial score (nSPS) is 20.9. The van der Waals surface area contributed by atoms with Crippen LogP contribution in [0.4, 0.5) is 0 Å². The fourth-order valence-corrected chi connectivity index (χ4v) is 3.34. The van der Waals surface area contributed by atoms with Crippen molar-refractivity contribution < 1.29 is 4.79 Å². The lowest BCUT2D eigenvalue weighted by atomic mass is 9.97. The number of benzene rings is 1. The molecule has 0 radical (unpaired) electrons. The van der Waals surface area contributed by atoms with E-state index in [0.717, 1.165) is 38.4 Å². The summed E-state index contributed by atoms with van der Waals surface area (Å²) >= 11 is 0. The van der Waals surface area contributed by atoms with Gasteiger partial charge >= 0.3 is 0 Å². The average Bonchev–Trinajstić information content (AvgIpc) is 2.66. The van der Waals surface area contributed by atoms with Crippen LogP contribution >= 0.6 is 0 Å². The highest BCUT2D eigenvalue weighted by Crippen LogP contribution is 2.19. The first-order chi connectivity index (χ1) is 13.3. The number of likely N-dealkylation sites (N-methyl/N-ethyl adjacent to an activating group) is 1. The molecule has 2 N–H and O–H groups in total. The maximum Gasteiger partial charge on any atom is 0.243 e. The van der Waals surface area contributed by atoms with Crippen molar-refractivity contribution in [3.8, 4) is 0 Å². The third kappa shape index (κ3) is 7.50. The molecule has 1 aliphatic heterocycles. The molecule has 0 spiro atoms. The van der Waals surface area contributed by atoms with Gasteiger partial charge < -0.3 is 15.5 Å². The number of guanidine groups is 1. The third-order valence-corrected chi connectivity index (χ3v) is 5.13. The first-order valence-electron chi connectivity index (χ1n) is 10.4. The van der Waals surface area contributed by atoms with Crippen LogP contribution in [0.15, 0.2) is 35.3 Å². The number of hydrogen-bond donors (Lipinski definition) is 2. The number of rotatable bonds is 7.